The average molecular weight is 270 g/mol. The van der Waals surface area contributed by atoms with E-state index in [1.54, 1.807) is 20.8 Å². The van der Waals surface area contributed by atoms with Crippen LogP contribution < -0.4 is 5.32 Å². The Kier molecular flexibility index (Phi) is 4.39. The average Bonchev–Trinajstić information content (AvgIpc) is 2.28. The number of azide groups is 1. The van der Waals surface area contributed by atoms with Crippen molar-refractivity contribution in [2.75, 3.05) is 7.11 Å². The number of hydrogen-bond acceptors (Lipinski definition) is 5. The third-order valence-electron chi connectivity index (χ3n) is 2.66. The number of ether oxygens (including phenoxy) is 2. The summed E-state index contributed by atoms with van der Waals surface area (Å²) in [5, 5.41) is 5.94. The molecule has 19 heavy (non-hydrogen) atoms. The van der Waals surface area contributed by atoms with Gasteiger partial charge in [0.05, 0.1) is 6.04 Å². The standard InChI is InChI=1S/C11H18N4O4/c1-10(2,3)19-8(16)6-5-7-11(18-4,14-15-12)9(17)13-7/h7H,5-6H2,1-4H3,(H,13,17)/t7-,11-/m1/s1. The SMILES string of the molecule is CO[C@@]1(N=[N+]=[N-])C(=O)N[C@@H]1CCC(=O)OC(C)(C)C. The van der Waals surface area contributed by atoms with E-state index in [-0.39, 0.29) is 18.8 Å². The van der Waals surface area contributed by atoms with Crippen LogP contribution in [0.5, 0.6) is 0 Å². The van der Waals surface area contributed by atoms with E-state index in [0.29, 0.717) is 0 Å². The molecule has 0 aromatic rings. The second-order valence-electron chi connectivity index (χ2n) is 5.24. The van der Waals surface area contributed by atoms with E-state index in [0.717, 1.165) is 0 Å². The van der Waals surface area contributed by atoms with Crippen LogP contribution in [0.1, 0.15) is 33.6 Å². The van der Waals surface area contributed by atoms with Crippen molar-refractivity contribution in [3.8, 4) is 0 Å². The van der Waals surface area contributed by atoms with Gasteiger partial charge in [0.15, 0.2) is 0 Å². The van der Waals surface area contributed by atoms with Crippen LogP contribution in [0.15, 0.2) is 5.11 Å². The Balaban J connectivity index is 2.57. The molecular formula is C11H18N4O4. The Labute approximate surface area is 111 Å². The molecule has 0 radical (unpaired) electrons. The Morgan fingerprint density at radius 3 is 2.63 bits per heavy atom. The van der Waals surface area contributed by atoms with E-state index in [1.165, 1.54) is 7.11 Å². The Morgan fingerprint density at radius 1 is 1.58 bits per heavy atom. The number of β-lactam (4-membered cyclic amide) rings is 1. The highest BCUT2D eigenvalue weighted by atomic mass is 16.6. The molecule has 106 valence electrons. The molecule has 1 aliphatic rings. The van der Waals surface area contributed by atoms with Crippen molar-refractivity contribution in [3.05, 3.63) is 10.4 Å². The Hall–Kier alpha value is -1.79. The minimum absolute atomic E-state index is 0.105. The minimum Gasteiger partial charge on any atom is -0.460 e. The second-order valence-corrected chi connectivity index (χ2v) is 5.24. The molecule has 0 unspecified atom stereocenters. The molecule has 1 aliphatic heterocycles. The van der Waals surface area contributed by atoms with Crippen molar-refractivity contribution in [3.63, 3.8) is 0 Å². The summed E-state index contributed by atoms with van der Waals surface area (Å²) in [6.07, 6.45) is 0.391. The lowest BCUT2D eigenvalue weighted by Crippen LogP contribution is -2.72. The van der Waals surface area contributed by atoms with E-state index in [9.17, 15) is 9.59 Å². The normalized spacial score (nSPS) is 25.9. The molecule has 1 fully saturated rings. The topological polar surface area (TPSA) is 113 Å². The first-order valence-electron chi connectivity index (χ1n) is 5.89. The van der Waals surface area contributed by atoms with Crippen molar-refractivity contribution in [1.82, 2.24) is 5.32 Å². The van der Waals surface area contributed by atoms with Crippen LogP contribution in [0.4, 0.5) is 0 Å². The maximum atomic E-state index is 11.6. The van der Waals surface area contributed by atoms with Crippen molar-refractivity contribution in [1.29, 1.82) is 0 Å². The highest BCUT2D eigenvalue weighted by Gasteiger charge is 2.55. The third kappa shape index (κ3) is 3.36. The number of carbonyl (C=O) groups is 2. The molecule has 0 aliphatic carbocycles. The fraction of sp³-hybridized carbons (Fsp3) is 0.818. The summed E-state index contributed by atoms with van der Waals surface area (Å²) in [4.78, 5) is 25.6. The molecule has 1 amide bonds. The largest absolute Gasteiger partial charge is 0.460 e. The molecule has 1 saturated heterocycles. The molecule has 0 aromatic heterocycles. The number of rotatable bonds is 5. The van der Waals surface area contributed by atoms with Gasteiger partial charge in [-0.3, -0.25) is 9.59 Å². The summed E-state index contributed by atoms with van der Waals surface area (Å²) >= 11 is 0. The lowest BCUT2D eigenvalue weighted by atomic mass is 9.90. The number of methoxy groups -OCH3 is 1. The van der Waals surface area contributed by atoms with Gasteiger partial charge in [0, 0.05) is 18.4 Å². The van der Waals surface area contributed by atoms with Gasteiger partial charge in [-0.15, -0.1) is 0 Å². The maximum absolute atomic E-state index is 11.6. The van der Waals surface area contributed by atoms with Gasteiger partial charge < -0.3 is 14.8 Å². The molecule has 8 heteroatoms. The summed E-state index contributed by atoms with van der Waals surface area (Å²) in [6.45, 7) is 5.32. The summed E-state index contributed by atoms with van der Waals surface area (Å²) < 4.78 is 10.1. The number of nitrogens with one attached hydrogen (secondary N) is 1. The van der Waals surface area contributed by atoms with Crippen LogP contribution in [0.2, 0.25) is 0 Å². The minimum atomic E-state index is -1.54. The number of hydrogen-bond donors (Lipinski definition) is 1. The molecule has 0 saturated carbocycles. The zero-order valence-corrected chi connectivity index (χ0v) is 11.5. The molecule has 8 nitrogen and oxygen atoms in total. The molecule has 1 rings (SSSR count). The van der Waals surface area contributed by atoms with Gasteiger partial charge in [0.1, 0.15) is 5.60 Å². The predicted octanol–water partition coefficient (Wildman–Crippen LogP) is 1.26. The molecule has 2 atom stereocenters. The summed E-state index contributed by atoms with van der Waals surface area (Å²) in [5.41, 5.74) is 6.37. The van der Waals surface area contributed by atoms with Crippen LogP contribution in [-0.2, 0) is 19.1 Å². The first-order valence-corrected chi connectivity index (χ1v) is 5.89. The monoisotopic (exact) mass is 270 g/mol. The Morgan fingerprint density at radius 2 is 2.21 bits per heavy atom. The van der Waals surface area contributed by atoms with E-state index >= 15 is 0 Å². The van der Waals surface area contributed by atoms with Gasteiger partial charge in [-0.05, 0) is 37.8 Å². The van der Waals surface area contributed by atoms with Crippen molar-refractivity contribution < 1.29 is 19.1 Å². The number of amides is 1. The second kappa shape index (κ2) is 5.46. The maximum Gasteiger partial charge on any atom is 0.306 e. The lowest BCUT2D eigenvalue weighted by Gasteiger charge is -2.43. The van der Waals surface area contributed by atoms with Crippen LogP contribution in [0, 0.1) is 0 Å². The van der Waals surface area contributed by atoms with Gasteiger partial charge in [0.25, 0.3) is 5.91 Å². The van der Waals surface area contributed by atoms with Crippen LogP contribution in [-0.4, -0.2) is 36.4 Å². The van der Waals surface area contributed by atoms with Gasteiger partial charge in [-0.2, -0.15) is 0 Å². The van der Waals surface area contributed by atoms with E-state index in [4.69, 9.17) is 15.0 Å². The summed E-state index contributed by atoms with van der Waals surface area (Å²) in [7, 11) is 1.29. The zero-order chi connectivity index (χ0) is 14.7. The number of esters is 1. The van der Waals surface area contributed by atoms with Gasteiger partial charge >= 0.3 is 5.97 Å². The summed E-state index contributed by atoms with van der Waals surface area (Å²) in [5.74, 6) is -0.874. The molecule has 0 spiro atoms. The fourth-order valence-electron chi connectivity index (χ4n) is 1.82. The summed E-state index contributed by atoms with van der Waals surface area (Å²) in [6, 6.07) is -0.520. The number of carbonyl (C=O) groups excluding carboxylic acids is 2. The van der Waals surface area contributed by atoms with Crippen molar-refractivity contribution >= 4 is 11.9 Å². The smallest absolute Gasteiger partial charge is 0.306 e. The first kappa shape index (κ1) is 15.3. The highest BCUT2D eigenvalue weighted by Crippen LogP contribution is 2.30. The number of nitrogens with zero attached hydrogens (tertiary/aromatic N) is 3. The highest BCUT2D eigenvalue weighted by molar-refractivity contribution is 5.92. The van der Waals surface area contributed by atoms with Crippen molar-refractivity contribution in [2.45, 2.75) is 51.0 Å². The zero-order valence-electron chi connectivity index (χ0n) is 11.5. The predicted molar refractivity (Wildman–Crippen MR) is 65.9 cm³/mol. The van der Waals surface area contributed by atoms with E-state index in [1.807, 2.05) is 0 Å². The third-order valence-corrected chi connectivity index (χ3v) is 2.66. The van der Waals surface area contributed by atoms with Crippen LogP contribution >= 0.6 is 0 Å². The van der Waals surface area contributed by atoms with E-state index < -0.39 is 23.3 Å². The molecule has 0 bridgehead atoms. The van der Waals surface area contributed by atoms with Gasteiger partial charge in [-0.25, -0.2) is 0 Å². The molecule has 1 N–H and O–H groups in total. The van der Waals surface area contributed by atoms with Crippen molar-refractivity contribution in [2.24, 2.45) is 5.11 Å². The lowest BCUT2D eigenvalue weighted by molar-refractivity contribution is -0.168. The van der Waals surface area contributed by atoms with Crippen LogP contribution in [0.25, 0.3) is 10.4 Å². The van der Waals surface area contributed by atoms with E-state index in [2.05, 4.69) is 15.3 Å². The molecule has 1 heterocycles. The first-order chi connectivity index (χ1) is 8.75. The fourth-order valence-corrected chi connectivity index (χ4v) is 1.82. The molecule has 0 aromatic carbocycles. The van der Waals surface area contributed by atoms with Crippen LogP contribution in [0.3, 0.4) is 0 Å². The molecular weight excluding hydrogens is 252 g/mol. The van der Waals surface area contributed by atoms with Gasteiger partial charge in [-0.1, -0.05) is 0 Å². The Bertz CT molecular complexity index is 421. The quantitative estimate of drug-likeness (QED) is 0.266. The van der Waals surface area contributed by atoms with Gasteiger partial charge in [0.2, 0.25) is 5.72 Å².